The first kappa shape index (κ1) is 20.8. The summed E-state index contributed by atoms with van der Waals surface area (Å²) in [7, 11) is -6.65. The predicted octanol–water partition coefficient (Wildman–Crippen LogP) is -0.232. The molecule has 0 radical (unpaired) electrons. The quantitative estimate of drug-likeness (QED) is 0.516. The van der Waals surface area contributed by atoms with Gasteiger partial charge < -0.3 is 10.6 Å². The van der Waals surface area contributed by atoms with Crippen LogP contribution in [-0.4, -0.2) is 52.9 Å². The van der Waals surface area contributed by atoms with Crippen LogP contribution in [0.25, 0.3) is 0 Å². The van der Waals surface area contributed by atoms with Crippen molar-refractivity contribution in [3.05, 3.63) is 29.8 Å². The number of carbonyl (C=O) groups excluding carboxylic acids is 1. The normalized spacial score (nSPS) is 22.2. The number of hydrogen-bond acceptors (Lipinski definition) is 6. The lowest BCUT2D eigenvalue weighted by Gasteiger charge is -2.24. The van der Waals surface area contributed by atoms with Gasteiger partial charge >= 0.3 is 0 Å². The van der Waals surface area contributed by atoms with Gasteiger partial charge in [0.1, 0.15) is 0 Å². The van der Waals surface area contributed by atoms with E-state index in [1.807, 2.05) is 6.92 Å². The highest BCUT2D eigenvalue weighted by Gasteiger charge is 2.37. The molecule has 26 heavy (non-hydrogen) atoms. The van der Waals surface area contributed by atoms with Crippen LogP contribution in [0.15, 0.2) is 29.2 Å². The van der Waals surface area contributed by atoms with Gasteiger partial charge in [0.05, 0.1) is 16.4 Å². The van der Waals surface area contributed by atoms with E-state index in [0.717, 1.165) is 5.56 Å². The summed E-state index contributed by atoms with van der Waals surface area (Å²) in [5, 5.41) is 5.77. The van der Waals surface area contributed by atoms with Crippen LogP contribution in [-0.2, 0) is 31.2 Å². The fourth-order valence-electron chi connectivity index (χ4n) is 2.80. The Balaban J connectivity index is 1.84. The van der Waals surface area contributed by atoms with Crippen molar-refractivity contribution >= 4 is 25.8 Å². The third kappa shape index (κ3) is 6.04. The molecule has 0 unspecified atom stereocenters. The topological polar surface area (TPSA) is 121 Å². The van der Waals surface area contributed by atoms with Crippen molar-refractivity contribution in [2.24, 2.45) is 0 Å². The van der Waals surface area contributed by atoms with Gasteiger partial charge in [0.15, 0.2) is 9.84 Å². The number of carbonyl (C=O) groups is 1. The molecule has 10 heteroatoms. The third-order valence-corrected chi connectivity index (χ3v) is 7.63. The van der Waals surface area contributed by atoms with Crippen LogP contribution in [0.2, 0.25) is 0 Å². The van der Waals surface area contributed by atoms with Crippen LogP contribution in [0.4, 0.5) is 0 Å². The minimum absolute atomic E-state index is 0.0719. The summed E-state index contributed by atoms with van der Waals surface area (Å²) >= 11 is 0. The number of nitrogens with one attached hydrogen (secondary N) is 3. The maximum Gasteiger partial charge on any atom is 0.240 e. The zero-order valence-corrected chi connectivity index (χ0v) is 16.5. The van der Waals surface area contributed by atoms with E-state index >= 15 is 0 Å². The number of benzene rings is 1. The first-order chi connectivity index (χ1) is 12.0. The maximum absolute atomic E-state index is 12.3. The molecule has 1 aromatic carbocycles. The monoisotopic (exact) mass is 403 g/mol. The van der Waals surface area contributed by atoms with E-state index in [1.165, 1.54) is 19.1 Å². The third-order valence-electron chi connectivity index (χ3n) is 4.25. The highest BCUT2D eigenvalue weighted by atomic mass is 32.2. The smallest absolute Gasteiger partial charge is 0.240 e. The van der Waals surface area contributed by atoms with E-state index < -0.39 is 25.4 Å². The van der Waals surface area contributed by atoms with Crippen molar-refractivity contribution in [1.82, 2.24) is 15.4 Å². The van der Waals surface area contributed by atoms with Crippen molar-refractivity contribution in [2.45, 2.75) is 37.2 Å². The molecule has 0 spiro atoms. The molecule has 3 N–H and O–H groups in total. The molecule has 1 saturated heterocycles. The summed E-state index contributed by atoms with van der Waals surface area (Å²) < 4.78 is 50.2. The zero-order chi connectivity index (χ0) is 19.4. The number of sulfonamides is 1. The second-order valence-corrected chi connectivity index (χ2v) is 10.7. The molecule has 0 aromatic heterocycles. The van der Waals surface area contributed by atoms with Gasteiger partial charge in [-0.2, -0.15) is 0 Å². The molecule has 1 atom stereocenters. The second kappa shape index (κ2) is 8.03. The Labute approximate surface area is 154 Å². The minimum Gasteiger partial charge on any atom is -0.352 e. The predicted molar refractivity (Wildman–Crippen MR) is 98.8 cm³/mol. The maximum atomic E-state index is 12.3. The van der Waals surface area contributed by atoms with Gasteiger partial charge in [0, 0.05) is 32.1 Å². The van der Waals surface area contributed by atoms with Gasteiger partial charge in [0.2, 0.25) is 15.9 Å². The lowest BCUT2D eigenvalue weighted by atomic mass is 10.0. The fraction of sp³-hybridized carbons (Fsp3) is 0.562. The average Bonchev–Trinajstić information content (AvgIpc) is 2.84. The molecule has 1 aromatic rings. The summed E-state index contributed by atoms with van der Waals surface area (Å²) in [6, 6.07) is 6.26. The van der Waals surface area contributed by atoms with Gasteiger partial charge in [-0.1, -0.05) is 12.1 Å². The summed E-state index contributed by atoms with van der Waals surface area (Å²) in [4.78, 5) is 11.0. The Hall–Kier alpha value is -1.49. The van der Waals surface area contributed by atoms with E-state index in [9.17, 15) is 21.6 Å². The van der Waals surface area contributed by atoms with Gasteiger partial charge in [-0.05, 0) is 31.0 Å². The Morgan fingerprint density at radius 3 is 2.38 bits per heavy atom. The standard InChI is InChI=1S/C16H25N3O5S2/c1-13(20)17-11-14-3-5-15(6-4-14)26(23,24)19-9-8-18-16(2)7-10-25(21,22)12-16/h3-6,18-19H,7-12H2,1-2H3,(H,17,20)/t16-/m0/s1. The molecule has 1 amide bonds. The number of hydrogen-bond donors (Lipinski definition) is 3. The van der Waals surface area contributed by atoms with E-state index in [2.05, 4.69) is 15.4 Å². The van der Waals surface area contributed by atoms with E-state index in [-0.39, 0.29) is 28.9 Å². The minimum atomic E-state index is -3.64. The lowest BCUT2D eigenvalue weighted by Crippen LogP contribution is -2.46. The molecule has 1 heterocycles. The largest absolute Gasteiger partial charge is 0.352 e. The molecule has 0 saturated carbocycles. The van der Waals surface area contributed by atoms with Crippen LogP contribution in [0.3, 0.4) is 0 Å². The Morgan fingerprint density at radius 1 is 1.19 bits per heavy atom. The van der Waals surface area contributed by atoms with Gasteiger partial charge in [-0.25, -0.2) is 21.6 Å². The van der Waals surface area contributed by atoms with Crippen molar-refractivity contribution in [3.63, 3.8) is 0 Å². The first-order valence-electron chi connectivity index (χ1n) is 8.30. The summed E-state index contributed by atoms with van der Waals surface area (Å²) in [5.41, 5.74) is 0.298. The second-order valence-electron chi connectivity index (χ2n) is 6.78. The molecule has 1 aliphatic rings. The van der Waals surface area contributed by atoms with Crippen molar-refractivity contribution in [1.29, 1.82) is 0 Å². The molecular weight excluding hydrogens is 378 g/mol. The van der Waals surface area contributed by atoms with Crippen LogP contribution in [0.1, 0.15) is 25.8 Å². The number of amides is 1. The van der Waals surface area contributed by atoms with E-state index in [1.54, 1.807) is 12.1 Å². The van der Waals surface area contributed by atoms with Crippen LogP contribution >= 0.6 is 0 Å². The van der Waals surface area contributed by atoms with E-state index in [0.29, 0.717) is 19.5 Å². The van der Waals surface area contributed by atoms with Crippen LogP contribution < -0.4 is 15.4 Å². The van der Waals surface area contributed by atoms with Gasteiger partial charge in [0.25, 0.3) is 0 Å². The Kier molecular flexibility index (Phi) is 6.43. The SMILES string of the molecule is CC(=O)NCc1ccc(S(=O)(=O)NCCN[C@@]2(C)CCS(=O)(=O)C2)cc1. The first-order valence-corrected chi connectivity index (χ1v) is 11.6. The average molecular weight is 404 g/mol. The highest BCUT2D eigenvalue weighted by molar-refractivity contribution is 7.91. The highest BCUT2D eigenvalue weighted by Crippen LogP contribution is 2.22. The molecule has 1 fully saturated rings. The van der Waals surface area contributed by atoms with Crippen molar-refractivity contribution < 1.29 is 21.6 Å². The molecule has 2 rings (SSSR count). The Morgan fingerprint density at radius 2 is 1.85 bits per heavy atom. The van der Waals surface area contributed by atoms with Gasteiger partial charge in [-0.3, -0.25) is 4.79 Å². The van der Waals surface area contributed by atoms with Crippen molar-refractivity contribution in [2.75, 3.05) is 24.6 Å². The summed E-state index contributed by atoms with van der Waals surface area (Å²) in [6.07, 6.45) is 0.526. The zero-order valence-electron chi connectivity index (χ0n) is 14.9. The van der Waals surface area contributed by atoms with Crippen molar-refractivity contribution in [3.8, 4) is 0 Å². The molecule has 0 bridgehead atoms. The summed E-state index contributed by atoms with van der Waals surface area (Å²) in [6.45, 7) is 4.09. The lowest BCUT2D eigenvalue weighted by molar-refractivity contribution is -0.119. The molecular formula is C16H25N3O5S2. The van der Waals surface area contributed by atoms with Crippen LogP contribution in [0.5, 0.6) is 0 Å². The molecule has 0 aliphatic carbocycles. The summed E-state index contributed by atoms with van der Waals surface area (Å²) in [5.74, 6) is 0.0786. The van der Waals surface area contributed by atoms with E-state index in [4.69, 9.17) is 0 Å². The Bertz CT molecular complexity index is 850. The number of sulfone groups is 1. The molecule has 146 valence electrons. The molecule has 8 nitrogen and oxygen atoms in total. The van der Waals surface area contributed by atoms with Gasteiger partial charge in [-0.15, -0.1) is 0 Å². The molecule has 1 aliphatic heterocycles. The fourth-order valence-corrected chi connectivity index (χ4v) is 5.95. The number of rotatable bonds is 8. The van der Waals surface area contributed by atoms with Crippen LogP contribution in [0, 0.1) is 0 Å².